The lowest BCUT2D eigenvalue weighted by atomic mass is 9.98. The van der Waals surface area contributed by atoms with Crippen LogP contribution >= 0.6 is 0 Å². The predicted octanol–water partition coefficient (Wildman–Crippen LogP) is 8.78. The van der Waals surface area contributed by atoms with Crippen molar-refractivity contribution < 1.29 is 4.42 Å². The molecule has 0 aliphatic rings. The highest BCUT2D eigenvalue weighted by atomic mass is 16.3. The quantitative estimate of drug-likeness (QED) is 0.0982. The van der Waals surface area contributed by atoms with Crippen molar-refractivity contribution in [2.45, 2.75) is 6.42 Å². The van der Waals surface area contributed by atoms with Gasteiger partial charge in [-0.25, -0.2) is 0 Å². The maximum atomic E-state index is 6.20. The number of nitrogens with zero attached hydrogens (tertiary/aromatic N) is 1. The zero-order valence-electron chi connectivity index (χ0n) is 23.2. The Balaban J connectivity index is 0.000000170. The maximum absolute atomic E-state index is 6.20. The minimum atomic E-state index is 0.347. The largest absolute Gasteiger partial charge is 0.455 e. The highest BCUT2D eigenvalue weighted by molar-refractivity contribution is 6.09. The normalized spacial score (nSPS) is 11.3. The van der Waals surface area contributed by atoms with E-state index in [4.69, 9.17) is 16.0 Å². The fourth-order valence-electron chi connectivity index (χ4n) is 5.19. The topological polar surface area (TPSA) is 77.5 Å². The van der Waals surface area contributed by atoms with E-state index in [9.17, 15) is 0 Å². The summed E-state index contributed by atoms with van der Waals surface area (Å²) in [5.41, 5.74) is 15.6. The molecule has 4 heteroatoms. The molecular formula is C38H31N3O. The number of furan rings is 1. The summed E-state index contributed by atoms with van der Waals surface area (Å²) in [5, 5.41) is 5.80. The molecule has 0 unspecified atom stereocenters. The van der Waals surface area contributed by atoms with E-state index in [1.165, 1.54) is 33.0 Å². The number of fused-ring (bicyclic) bond motifs is 3. The van der Waals surface area contributed by atoms with Crippen LogP contribution in [0.4, 0.5) is 0 Å². The molecule has 0 saturated carbocycles. The van der Waals surface area contributed by atoms with Gasteiger partial charge in [-0.3, -0.25) is 0 Å². The van der Waals surface area contributed by atoms with Crippen LogP contribution in [0.5, 0.6) is 0 Å². The Labute approximate surface area is 245 Å². The van der Waals surface area contributed by atoms with Gasteiger partial charge in [-0.05, 0) is 40.3 Å². The van der Waals surface area contributed by atoms with Gasteiger partial charge in [0.05, 0.1) is 0 Å². The SMILES string of the molecule is N/N=C(\N)c1ccc(-c2ccccc2)cc1.c1ccc(Cc2cccc(-c3cccc4c3oc3ccccc34)c2)cc1. The standard InChI is InChI=1S/C25H18O.C13H13N3/c1-2-8-18(9-3-1)16-19-10-6-11-20(17-19)21-13-7-14-23-22-12-4-5-15-24(22)26-25(21)23;14-13(16-15)12-8-6-11(7-9-12)10-4-2-1-3-5-10/h1-15,17H,16H2;1-9H,15H2,(H2,14,16). The van der Waals surface area contributed by atoms with Gasteiger partial charge < -0.3 is 16.0 Å². The highest BCUT2D eigenvalue weighted by Crippen LogP contribution is 2.36. The van der Waals surface area contributed by atoms with Crippen molar-refractivity contribution in [3.63, 3.8) is 0 Å². The molecule has 0 bridgehead atoms. The molecule has 0 aliphatic carbocycles. The number of para-hydroxylation sites is 2. The summed E-state index contributed by atoms with van der Waals surface area (Å²) in [4.78, 5) is 0. The van der Waals surface area contributed by atoms with E-state index in [0.29, 0.717) is 5.84 Å². The van der Waals surface area contributed by atoms with Crippen LogP contribution in [0.15, 0.2) is 161 Å². The van der Waals surface area contributed by atoms with Gasteiger partial charge in [0, 0.05) is 21.9 Å². The maximum Gasteiger partial charge on any atom is 0.150 e. The smallest absolute Gasteiger partial charge is 0.150 e. The number of amidine groups is 1. The average molecular weight is 546 g/mol. The predicted molar refractivity (Wildman–Crippen MR) is 175 cm³/mol. The second-order valence-corrected chi connectivity index (χ2v) is 10.1. The van der Waals surface area contributed by atoms with E-state index in [2.05, 4.69) is 102 Å². The van der Waals surface area contributed by atoms with Crippen LogP contribution in [0.2, 0.25) is 0 Å². The number of hydrogen-bond acceptors (Lipinski definition) is 3. The Kier molecular flexibility index (Phi) is 7.78. The molecule has 4 nitrogen and oxygen atoms in total. The van der Waals surface area contributed by atoms with Gasteiger partial charge in [0.1, 0.15) is 17.0 Å². The summed E-state index contributed by atoms with van der Waals surface area (Å²) in [7, 11) is 0. The first kappa shape index (κ1) is 26.6. The van der Waals surface area contributed by atoms with E-state index in [0.717, 1.165) is 34.3 Å². The van der Waals surface area contributed by atoms with Crippen molar-refractivity contribution in [3.8, 4) is 22.3 Å². The molecular weight excluding hydrogens is 514 g/mol. The van der Waals surface area contributed by atoms with Crippen molar-refractivity contribution in [2.24, 2.45) is 16.7 Å². The summed E-state index contributed by atoms with van der Waals surface area (Å²) >= 11 is 0. The second kappa shape index (κ2) is 12.3. The Hall–Kier alpha value is -5.61. The van der Waals surface area contributed by atoms with Gasteiger partial charge >= 0.3 is 0 Å². The summed E-state index contributed by atoms with van der Waals surface area (Å²) in [6, 6.07) is 52.0. The molecule has 1 heterocycles. The first-order valence-corrected chi connectivity index (χ1v) is 13.9. The lowest BCUT2D eigenvalue weighted by Crippen LogP contribution is -2.15. The molecule has 204 valence electrons. The van der Waals surface area contributed by atoms with Crippen molar-refractivity contribution in [1.82, 2.24) is 0 Å². The fraction of sp³-hybridized carbons (Fsp3) is 0.0263. The van der Waals surface area contributed by atoms with E-state index in [1.807, 2.05) is 54.6 Å². The van der Waals surface area contributed by atoms with Gasteiger partial charge in [0.25, 0.3) is 0 Å². The Morgan fingerprint density at radius 1 is 0.548 bits per heavy atom. The van der Waals surface area contributed by atoms with Crippen LogP contribution in [0.1, 0.15) is 16.7 Å². The lowest BCUT2D eigenvalue weighted by molar-refractivity contribution is 0.670. The number of hydrazone groups is 1. The molecule has 0 radical (unpaired) electrons. The monoisotopic (exact) mass is 545 g/mol. The molecule has 4 N–H and O–H groups in total. The molecule has 0 amide bonds. The third-order valence-corrected chi connectivity index (χ3v) is 7.32. The zero-order valence-corrected chi connectivity index (χ0v) is 23.2. The van der Waals surface area contributed by atoms with Gasteiger partial charge in [0.2, 0.25) is 0 Å². The van der Waals surface area contributed by atoms with E-state index >= 15 is 0 Å². The Morgan fingerprint density at radius 3 is 1.90 bits per heavy atom. The molecule has 0 atom stereocenters. The van der Waals surface area contributed by atoms with Crippen molar-refractivity contribution in [1.29, 1.82) is 0 Å². The summed E-state index contributed by atoms with van der Waals surface area (Å²) < 4.78 is 6.20. The molecule has 1 aromatic heterocycles. The minimum absolute atomic E-state index is 0.347. The molecule has 0 spiro atoms. The Morgan fingerprint density at radius 2 is 1.14 bits per heavy atom. The van der Waals surface area contributed by atoms with Gasteiger partial charge in [-0.2, -0.15) is 5.10 Å². The average Bonchev–Trinajstić information content (AvgIpc) is 3.45. The molecule has 0 fully saturated rings. The van der Waals surface area contributed by atoms with E-state index < -0.39 is 0 Å². The third kappa shape index (κ3) is 5.79. The summed E-state index contributed by atoms with van der Waals surface area (Å²) in [5.74, 6) is 5.46. The van der Waals surface area contributed by atoms with Gasteiger partial charge in [0.15, 0.2) is 0 Å². The molecule has 7 rings (SSSR count). The van der Waals surface area contributed by atoms with Crippen LogP contribution in [0, 0.1) is 0 Å². The van der Waals surface area contributed by atoms with Crippen LogP contribution in [0.25, 0.3) is 44.2 Å². The van der Waals surface area contributed by atoms with Crippen LogP contribution < -0.4 is 11.6 Å². The molecule has 0 aliphatic heterocycles. The molecule has 0 saturated heterocycles. The fourth-order valence-corrected chi connectivity index (χ4v) is 5.19. The van der Waals surface area contributed by atoms with Gasteiger partial charge in [-0.15, -0.1) is 0 Å². The summed E-state index contributed by atoms with van der Waals surface area (Å²) in [6.07, 6.45) is 0.935. The lowest BCUT2D eigenvalue weighted by Gasteiger charge is -2.07. The molecule has 6 aromatic carbocycles. The van der Waals surface area contributed by atoms with Gasteiger partial charge in [-0.1, -0.05) is 146 Å². The van der Waals surface area contributed by atoms with Crippen molar-refractivity contribution in [3.05, 3.63) is 168 Å². The number of benzene rings is 6. The second-order valence-electron chi connectivity index (χ2n) is 10.1. The van der Waals surface area contributed by atoms with E-state index in [1.54, 1.807) is 0 Å². The van der Waals surface area contributed by atoms with Crippen molar-refractivity contribution in [2.75, 3.05) is 0 Å². The minimum Gasteiger partial charge on any atom is -0.455 e. The van der Waals surface area contributed by atoms with Crippen LogP contribution in [0.3, 0.4) is 0 Å². The van der Waals surface area contributed by atoms with Crippen LogP contribution in [-0.4, -0.2) is 5.84 Å². The highest BCUT2D eigenvalue weighted by Gasteiger charge is 2.12. The summed E-state index contributed by atoms with van der Waals surface area (Å²) in [6.45, 7) is 0. The number of rotatable bonds is 5. The van der Waals surface area contributed by atoms with Crippen molar-refractivity contribution >= 4 is 27.8 Å². The van der Waals surface area contributed by atoms with Crippen LogP contribution in [-0.2, 0) is 6.42 Å². The van der Waals surface area contributed by atoms with E-state index in [-0.39, 0.29) is 0 Å². The molecule has 7 aromatic rings. The number of nitrogens with two attached hydrogens (primary N) is 2. The Bertz CT molecular complexity index is 1960. The zero-order chi connectivity index (χ0) is 28.7. The first-order valence-electron chi connectivity index (χ1n) is 13.9. The first-order chi connectivity index (χ1) is 20.7. The number of hydrogen-bond donors (Lipinski definition) is 2. The third-order valence-electron chi connectivity index (χ3n) is 7.32. The molecule has 42 heavy (non-hydrogen) atoms.